The Balaban J connectivity index is 0.000000354. The van der Waals surface area contributed by atoms with Gasteiger partial charge in [0.15, 0.2) is 0 Å². The summed E-state index contributed by atoms with van der Waals surface area (Å²) in [6, 6.07) is 0. The molecule has 0 N–H and O–H groups in total. The molecule has 0 radical (unpaired) electrons. The Morgan fingerprint density at radius 1 is 1.17 bits per heavy atom. The first-order valence-electron chi connectivity index (χ1n) is 4.38. The van der Waals surface area contributed by atoms with Crippen molar-refractivity contribution in [2.75, 3.05) is 0 Å². The highest BCUT2D eigenvalue weighted by Gasteiger charge is 1.91. The third kappa shape index (κ3) is 4.06. The Morgan fingerprint density at radius 2 is 1.67 bits per heavy atom. The number of nitrogens with zero attached hydrogens (tertiary/aromatic N) is 2. The van der Waals surface area contributed by atoms with Gasteiger partial charge in [-0.05, 0) is 26.3 Å². The van der Waals surface area contributed by atoms with Crippen molar-refractivity contribution in [3.8, 4) is 0 Å². The van der Waals surface area contributed by atoms with Crippen molar-refractivity contribution < 1.29 is 0 Å². The van der Waals surface area contributed by atoms with Crippen molar-refractivity contribution in [2.45, 2.75) is 41.0 Å². The molecule has 68 valence electrons. The first-order chi connectivity index (χ1) is 5.61. The Bertz CT molecular complexity index is 231. The Kier molecular flexibility index (Phi) is 5.26. The van der Waals surface area contributed by atoms with E-state index in [2.05, 4.69) is 23.8 Å². The molecule has 2 nitrogen and oxygen atoms in total. The van der Waals surface area contributed by atoms with Gasteiger partial charge < -0.3 is 0 Å². The Labute approximate surface area is 75.1 Å². The van der Waals surface area contributed by atoms with E-state index in [1.165, 1.54) is 6.42 Å². The minimum atomic E-state index is 0.845. The van der Waals surface area contributed by atoms with Crippen LogP contribution in [-0.2, 0) is 0 Å². The number of aromatic nitrogens is 2. The molecule has 0 aromatic carbocycles. The van der Waals surface area contributed by atoms with E-state index in [1.807, 2.05) is 27.0 Å². The normalized spacial score (nSPS) is 8.75. The first kappa shape index (κ1) is 11.1. The van der Waals surface area contributed by atoms with E-state index >= 15 is 0 Å². The predicted octanol–water partition coefficient (Wildman–Crippen LogP) is 2.82. The van der Waals surface area contributed by atoms with Crippen LogP contribution in [0.25, 0.3) is 0 Å². The maximum Gasteiger partial charge on any atom is 0.125 e. The lowest BCUT2D eigenvalue weighted by Gasteiger charge is -1.96. The maximum absolute atomic E-state index is 4.16. The smallest absolute Gasteiger partial charge is 0.125 e. The van der Waals surface area contributed by atoms with Gasteiger partial charge in [-0.2, -0.15) is 0 Å². The van der Waals surface area contributed by atoms with Crippen LogP contribution >= 0.6 is 0 Å². The number of aryl methyl sites for hydroxylation is 3. The van der Waals surface area contributed by atoms with Crippen LogP contribution in [0.1, 0.15) is 37.4 Å². The highest BCUT2D eigenvalue weighted by atomic mass is 14.9. The molecule has 0 unspecified atom stereocenters. The lowest BCUT2D eigenvalue weighted by atomic mass is 10.3. The molecule has 1 aromatic rings. The number of hydrogen-bond acceptors (Lipinski definition) is 2. The molecule has 0 spiro atoms. The van der Waals surface area contributed by atoms with Crippen LogP contribution in [0.4, 0.5) is 0 Å². The second-order valence-corrected chi connectivity index (χ2v) is 2.89. The highest BCUT2D eigenvalue weighted by molar-refractivity contribution is 5.12. The van der Waals surface area contributed by atoms with Crippen molar-refractivity contribution in [1.29, 1.82) is 0 Å². The van der Waals surface area contributed by atoms with Gasteiger partial charge in [0.05, 0.1) is 0 Å². The van der Waals surface area contributed by atoms with Gasteiger partial charge in [0.2, 0.25) is 0 Å². The minimum absolute atomic E-state index is 0.845. The molecule has 12 heavy (non-hydrogen) atoms. The third-order valence-electron chi connectivity index (χ3n) is 1.35. The van der Waals surface area contributed by atoms with Crippen LogP contribution in [0.15, 0.2) is 6.20 Å². The molecule has 1 heterocycles. The molecule has 2 heteroatoms. The predicted molar refractivity (Wildman–Crippen MR) is 52.2 cm³/mol. The average molecular weight is 166 g/mol. The van der Waals surface area contributed by atoms with Gasteiger partial charge in [-0.1, -0.05) is 20.3 Å². The molecule has 0 amide bonds. The summed E-state index contributed by atoms with van der Waals surface area (Å²) < 4.78 is 0. The molecule has 0 aliphatic heterocycles. The minimum Gasteiger partial charge on any atom is -0.241 e. The summed E-state index contributed by atoms with van der Waals surface area (Å²) in [5, 5.41) is 0. The Morgan fingerprint density at radius 3 is 2.00 bits per heavy atom. The van der Waals surface area contributed by atoms with E-state index in [0.29, 0.717) is 0 Å². The fraction of sp³-hybridized carbons (Fsp3) is 0.600. The third-order valence-corrected chi connectivity index (χ3v) is 1.35. The fourth-order valence-corrected chi connectivity index (χ4v) is 0.643. The average Bonchev–Trinajstić information content (AvgIpc) is 1.99. The SMILES string of the molecule is CCC.Cc1ncc(C)c(C)n1. The molecular formula is C10H18N2. The van der Waals surface area contributed by atoms with E-state index in [9.17, 15) is 0 Å². The van der Waals surface area contributed by atoms with Crippen molar-refractivity contribution >= 4 is 0 Å². The van der Waals surface area contributed by atoms with E-state index < -0.39 is 0 Å². The van der Waals surface area contributed by atoms with Crippen LogP contribution in [0.2, 0.25) is 0 Å². The van der Waals surface area contributed by atoms with E-state index in [0.717, 1.165) is 17.1 Å². The van der Waals surface area contributed by atoms with E-state index in [-0.39, 0.29) is 0 Å². The highest BCUT2D eigenvalue weighted by Crippen LogP contribution is 1.99. The van der Waals surface area contributed by atoms with Crippen molar-refractivity contribution in [3.63, 3.8) is 0 Å². The van der Waals surface area contributed by atoms with Crippen LogP contribution in [-0.4, -0.2) is 9.97 Å². The van der Waals surface area contributed by atoms with Crippen molar-refractivity contribution in [1.82, 2.24) is 9.97 Å². The standard InChI is InChI=1S/C7H10N2.C3H8/c1-5-4-8-7(3)9-6(5)2;1-3-2/h4H,1-3H3;3H2,1-2H3. The largest absolute Gasteiger partial charge is 0.241 e. The zero-order valence-electron chi connectivity index (χ0n) is 8.68. The molecule has 1 aromatic heterocycles. The lowest BCUT2D eigenvalue weighted by molar-refractivity contribution is 0.986. The molecule has 0 saturated heterocycles. The van der Waals surface area contributed by atoms with Gasteiger partial charge in [0.25, 0.3) is 0 Å². The van der Waals surface area contributed by atoms with Gasteiger partial charge >= 0.3 is 0 Å². The molecule has 1 rings (SSSR count). The van der Waals surface area contributed by atoms with Gasteiger partial charge in [0.1, 0.15) is 5.82 Å². The lowest BCUT2D eigenvalue weighted by Crippen LogP contribution is -1.92. The monoisotopic (exact) mass is 166 g/mol. The maximum atomic E-state index is 4.16. The zero-order chi connectivity index (χ0) is 9.56. The molecule has 0 bridgehead atoms. The fourth-order valence-electron chi connectivity index (χ4n) is 0.643. The summed E-state index contributed by atoms with van der Waals surface area (Å²) in [6.45, 7) is 10.1. The van der Waals surface area contributed by atoms with Crippen molar-refractivity contribution in [2.24, 2.45) is 0 Å². The summed E-state index contributed by atoms with van der Waals surface area (Å²) in [5.41, 5.74) is 2.23. The molecular weight excluding hydrogens is 148 g/mol. The van der Waals surface area contributed by atoms with Crippen molar-refractivity contribution in [3.05, 3.63) is 23.3 Å². The first-order valence-corrected chi connectivity index (χ1v) is 4.38. The van der Waals surface area contributed by atoms with E-state index in [1.54, 1.807) is 0 Å². The van der Waals surface area contributed by atoms with Crippen LogP contribution in [0, 0.1) is 20.8 Å². The molecule has 0 aliphatic rings. The molecule has 0 atom stereocenters. The second kappa shape index (κ2) is 5.70. The summed E-state index contributed by atoms with van der Waals surface area (Å²) in [5.74, 6) is 0.845. The summed E-state index contributed by atoms with van der Waals surface area (Å²) >= 11 is 0. The molecule has 0 aliphatic carbocycles. The second-order valence-electron chi connectivity index (χ2n) is 2.89. The zero-order valence-corrected chi connectivity index (χ0v) is 8.68. The summed E-state index contributed by atoms with van der Waals surface area (Å²) in [6.07, 6.45) is 3.09. The van der Waals surface area contributed by atoms with Gasteiger partial charge in [-0.25, -0.2) is 9.97 Å². The van der Waals surface area contributed by atoms with Gasteiger partial charge in [-0.15, -0.1) is 0 Å². The summed E-state index contributed by atoms with van der Waals surface area (Å²) in [7, 11) is 0. The molecule has 0 fully saturated rings. The topological polar surface area (TPSA) is 25.8 Å². The number of rotatable bonds is 0. The van der Waals surface area contributed by atoms with Gasteiger partial charge in [-0.3, -0.25) is 0 Å². The van der Waals surface area contributed by atoms with Crippen LogP contribution < -0.4 is 0 Å². The number of hydrogen-bond donors (Lipinski definition) is 0. The van der Waals surface area contributed by atoms with E-state index in [4.69, 9.17) is 0 Å². The van der Waals surface area contributed by atoms with Crippen LogP contribution in [0.5, 0.6) is 0 Å². The molecule has 0 saturated carbocycles. The van der Waals surface area contributed by atoms with Gasteiger partial charge in [0, 0.05) is 11.9 Å². The quantitative estimate of drug-likeness (QED) is 0.592. The van der Waals surface area contributed by atoms with Crippen LogP contribution in [0.3, 0.4) is 0 Å². The Hall–Kier alpha value is -0.920. The summed E-state index contributed by atoms with van der Waals surface area (Å²) in [4.78, 5) is 8.19.